The van der Waals surface area contributed by atoms with Crippen LogP contribution < -0.4 is 0 Å². The van der Waals surface area contributed by atoms with Gasteiger partial charge in [-0.05, 0) is 13.0 Å². The molecular weight excluding hydrogens is 290 g/mol. The first-order valence-corrected chi connectivity index (χ1v) is 8.11. The standard InChI is InChI=1S/C11H17NO7S/c13-9-5-20(18,19)4-8(9)12-2-1-6(10(14)15)7(3-12)11(16)17/h6-9,13H,1-5H2,(H,14,15)(H,16,17). The molecule has 0 spiro atoms. The molecule has 20 heavy (non-hydrogen) atoms. The van der Waals surface area contributed by atoms with Crippen LogP contribution in [0.3, 0.4) is 0 Å². The first-order valence-electron chi connectivity index (χ1n) is 6.29. The van der Waals surface area contributed by atoms with Crippen molar-refractivity contribution >= 4 is 21.8 Å². The van der Waals surface area contributed by atoms with Gasteiger partial charge in [-0.15, -0.1) is 0 Å². The van der Waals surface area contributed by atoms with E-state index in [0.717, 1.165) is 0 Å². The van der Waals surface area contributed by atoms with Gasteiger partial charge in [0.25, 0.3) is 0 Å². The number of carboxylic acids is 2. The number of rotatable bonds is 3. The number of aliphatic hydroxyl groups is 1. The third-order valence-corrected chi connectivity index (χ3v) is 5.74. The molecule has 4 unspecified atom stereocenters. The lowest BCUT2D eigenvalue weighted by Gasteiger charge is -2.38. The Morgan fingerprint density at radius 1 is 1.05 bits per heavy atom. The van der Waals surface area contributed by atoms with Crippen LogP contribution >= 0.6 is 0 Å². The summed E-state index contributed by atoms with van der Waals surface area (Å²) in [6, 6.07) is -0.642. The number of carbonyl (C=O) groups is 2. The number of hydrogen-bond acceptors (Lipinski definition) is 6. The average molecular weight is 307 g/mol. The van der Waals surface area contributed by atoms with E-state index in [1.165, 1.54) is 0 Å². The van der Waals surface area contributed by atoms with Crippen molar-refractivity contribution in [2.75, 3.05) is 24.6 Å². The number of aliphatic carboxylic acids is 2. The van der Waals surface area contributed by atoms with Crippen molar-refractivity contribution in [3.8, 4) is 0 Å². The zero-order valence-electron chi connectivity index (χ0n) is 10.7. The number of likely N-dealkylation sites (tertiary alicyclic amines) is 1. The predicted octanol–water partition coefficient (Wildman–Crippen LogP) is -1.75. The van der Waals surface area contributed by atoms with E-state index in [0.29, 0.717) is 0 Å². The molecule has 0 aromatic carbocycles. The van der Waals surface area contributed by atoms with Gasteiger partial charge in [-0.25, -0.2) is 8.42 Å². The lowest BCUT2D eigenvalue weighted by Crippen LogP contribution is -2.53. The maximum Gasteiger partial charge on any atom is 0.308 e. The largest absolute Gasteiger partial charge is 0.481 e. The summed E-state index contributed by atoms with van der Waals surface area (Å²) in [5.41, 5.74) is 0. The minimum atomic E-state index is -3.32. The van der Waals surface area contributed by atoms with E-state index in [4.69, 9.17) is 10.2 Å². The molecule has 4 atom stereocenters. The van der Waals surface area contributed by atoms with E-state index in [2.05, 4.69) is 0 Å². The van der Waals surface area contributed by atoms with Gasteiger partial charge in [0.15, 0.2) is 9.84 Å². The summed E-state index contributed by atoms with van der Waals surface area (Å²) in [5, 5.41) is 27.9. The Kier molecular flexibility index (Phi) is 4.03. The molecule has 0 radical (unpaired) electrons. The molecule has 3 N–H and O–H groups in total. The molecule has 0 saturated carbocycles. The molecule has 0 amide bonds. The maximum absolute atomic E-state index is 11.5. The second-order valence-corrected chi connectivity index (χ2v) is 7.54. The monoisotopic (exact) mass is 307 g/mol. The van der Waals surface area contributed by atoms with Crippen LogP contribution in [0.25, 0.3) is 0 Å². The maximum atomic E-state index is 11.5. The Hall–Kier alpha value is -1.19. The summed E-state index contributed by atoms with van der Waals surface area (Å²) in [6.07, 6.45) is -0.911. The third kappa shape index (κ3) is 2.94. The van der Waals surface area contributed by atoms with Gasteiger partial charge in [0.2, 0.25) is 0 Å². The van der Waals surface area contributed by atoms with Gasteiger partial charge in [-0.2, -0.15) is 0 Å². The summed E-state index contributed by atoms with van der Waals surface area (Å²) in [4.78, 5) is 23.8. The van der Waals surface area contributed by atoms with Crippen molar-refractivity contribution in [2.24, 2.45) is 11.8 Å². The number of piperidine rings is 1. The topological polar surface area (TPSA) is 132 Å². The molecule has 0 bridgehead atoms. The highest BCUT2D eigenvalue weighted by molar-refractivity contribution is 7.91. The Morgan fingerprint density at radius 3 is 2.10 bits per heavy atom. The average Bonchev–Trinajstić information content (AvgIpc) is 2.61. The summed E-state index contributed by atoms with van der Waals surface area (Å²) in [7, 11) is -3.32. The van der Waals surface area contributed by atoms with Crippen LogP contribution in [0.15, 0.2) is 0 Å². The SMILES string of the molecule is O=C(O)C1CCN(C2CS(=O)(=O)CC2O)CC1C(=O)O. The Labute approximate surface area is 115 Å². The molecule has 0 aromatic heterocycles. The predicted molar refractivity (Wildman–Crippen MR) is 66.9 cm³/mol. The zero-order valence-corrected chi connectivity index (χ0v) is 11.5. The Balaban J connectivity index is 2.13. The van der Waals surface area contributed by atoms with Gasteiger partial charge in [0, 0.05) is 6.54 Å². The summed E-state index contributed by atoms with van der Waals surface area (Å²) >= 11 is 0. The van der Waals surface area contributed by atoms with Gasteiger partial charge in [0.05, 0.1) is 35.5 Å². The molecular formula is C11H17NO7S. The fourth-order valence-electron chi connectivity index (χ4n) is 2.98. The highest BCUT2D eigenvalue weighted by Crippen LogP contribution is 2.29. The van der Waals surface area contributed by atoms with Crippen molar-refractivity contribution in [1.82, 2.24) is 4.90 Å². The molecule has 9 heteroatoms. The third-order valence-electron chi connectivity index (χ3n) is 4.04. The number of nitrogens with zero attached hydrogens (tertiary/aromatic N) is 1. The highest BCUT2D eigenvalue weighted by atomic mass is 32.2. The molecule has 2 aliphatic rings. The molecule has 2 aliphatic heterocycles. The minimum absolute atomic E-state index is 0.0520. The molecule has 0 aromatic rings. The summed E-state index contributed by atoms with van der Waals surface area (Å²) in [5.74, 6) is -4.96. The van der Waals surface area contributed by atoms with Gasteiger partial charge in [0.1, 0.15) is 0 Å². The van der Waals surface area contributed by atoms with Crippen LogP contribution in [0.2, 0.25) is 0 Å². The van der Waals surface area contributed by atoms with Crippen molar-refractivity contribution in [2.45, 2.75) is 18.6 Å². The minimum Gasteiger partial charge on any atom is -0.481 e. The molecule has 114 valence electrons. The van der Waals surface area contributed by atoms with Crippen LogP contribution in [0.4, 0.5) is 0 Å². The normalized spacial score (nSPS) is 37.6. The highest BCUT2D eigenvalue weighted by Gasteiger charge is 2.45. The van der Waals surface area contributed by atoms with Gasteiger partial charge in [-0.3, -0.25) is 14.5 Å². The lowest BCUT2D eigenvalue weighted by atomic mass is 9.84. The van der Waals surface area contributed by atoms with Crippen LogP contribution in [-0.2, 0) is 19.4 Å². The van der Waals surface area contributed by atoms with Gasteiger partial charge < -0.3 is 15.3 Å². The molecule has 2 rings (SSSR count). The second kappa shape index (κ2) is 5.30. The summed E-state index contributed by atoms with van der Waals surface area (Å²) < 4.78 is 23.0. The molecule has 0 aliphatic carbocycles. The van der Waals surface area contributed by atoms with Crippen molar-refractivity contribution < 1.29 is 33.3 Å². The Morgan fingerprint density at radius 2 is 1.65 bits per heavy atom. The summed E-state index contributed by atoms with van der Waals surface area (Å²) in [6.45, 7) is 0.224. The number of aliphatic hydroxyl groups excluding tert-OH is 1. The second-order valence-electron chi connectivity index (χ2n) is 5.38. The molecule has 2 saturated heterocycles. The molecule has 8 nitrogen and oxygen atoms in total. The van der Waals surface area contributed by atoms with Crippen LogP contribution in [0, 0.1) is 11.8 Å². The fourth-order valence-corrected chi connectivity index (χ4v) is 4.82. The smallest absolute Gasteiger partial charge is 0.308 e. The molecule has 2 fully saturated rings. The van der Waals surface area contributed by atoms with E-state index in [-0.39, 0.29) is 31.0 Å². The first-order chi connectivity index (χ1) is 9.21. The van der Waals surface area contributed by atoms with E-state index in [9.17, 15) is 23.1 Å². The first kappa shape index (κ1) is 15.2. The number of hydrogen-bond donors (Lipinski definition) is 3. The van der Waals surface area contributed by atoms with Crippen LogP contribution in [0.1, 0.15) is 6.42 Å². The number of sulfone groups is 1. The number of carboxylic acid groups (broad SMARTS) is 2. The van der Waals surface area contributed by atoms with E-state index in [1.54, 1.807) is 4.90 Å². The van der Waals surface area contributed by atoms with E-state index in [1.807, 2.05) is 0 Å². The van der Waals surface area contributed by atoms with Crippen molar-refractivity contribution in [3.63, 3.8) is 0 Å². The Bertz CT molecular complexity index is 517. The zero-order chi connectivity index (χ0) is 15.1. The van der Waals surface area contributed by atoms with E-state index < -0.39 is 45.8 Å². The van der Waals surface area contributed by atoms with Crippen LogP contribution in [0.5, 0.6) is 0 Å². The van der Waals surface area contributed by atoms with Gasteiger partial charge >= 0.3 is 11.9 Å². The van der Waals surface area contributed by atoms with Crippen molar-refractivity contribution in [1.29, 1.82) is 0 Å². The lowest BCUT2D eigenvalue weighted by molar-refractivity contribution is -0.158. The van der Waals surface area contributed by atoms with Crippen molar-refractivity contribution in [3.05, 3.63) is 0 Å². The van der Waals surface area contributed by atoms with Crippen LogP contribution in [-0.4, -0.2) is 77.3 Å². The fraction of sp³-hybridized carbons (Fsp3) is 0.818. The quantitative estimate of drug-likeness (QED) is 0.559. The van der Waals surface area contributed by atoms with Gasteiger partial charge in [-0.1, -0.05) is 0 Å². The molecule has 2 heterocycles. The van der Waals surface area contributed by atoms with E-state index >= 15 is 0 Å².